The molecule has 0 unspecified atom stereocenters. The Morgan fingerprint density at radius 3 is 1.13 bits per heavy atom. The zero-order chi connectivity index (χ0) is 43.2. The van der Waals surface area contributed by atoms with Crippen molar-refractivity contribution in [2.75, 3.05) is 19.8 Å². The van der Waals surface area contributed by atoms with Gasteiger partial charge >= 0.3 is 0 Å². The highest BCUT2D eigenvalue weighted by Crippen LogP contribution is 2.34. The topological polar surface area (TPSA) is 153 Å². The molecular weight excluding hydrogens is 809 g/mol. The van der Waals surface area contributed by atoms with Crippen LogP contribution in [0, 0.1) is 0 Å². The van der Waals surface area contributed by atoms with Crippen molar-refractivity contribution in [1.29, 1.82) is 0 Å². The minimum atomic E-state index is -1.43. The highest BCUT2D eigenvalue weighted by molar-refractivity contribution is 5.17. The Kier molecular flexibility index (Phi) is 16.5. The van der Waals surface area contributed by atoms with Crippen LogP contribution in [-0.4, -0.2) is 109 Å². The maximum absolute atomic E-state index is 11.8. The first kappa shape index (κ1) is 45.2. The lowest BCUT2D eigenvalue weighted by Crippen LogP contribution is -2.45. The Balaban J connectivity index is 0.962. The average molecular weight is 865 g/mol. The van der Waals surface area contributed by atoms with Gasteiger partial charge in [0, 0.05) is 0 Å². The van der Waals surface area contributed by atoms with Crippen LogP contribution in [0.25, 0.3) is 0 Å². The van der Waals surface area contributed by atoms with Gasteiger partial charge in [0.1, 0.15) is 54.9 Å². The first-order chi connectivity index (χ1) is 31.0. The van der Waals surface area contributed by atoms with Crippen molar-refractivity contribution in [3.8, 4) is 0 Å². The Morgan fingerprint density at radius 2 is 0.698 bits per heavy atom. The summed E-state index contributed by atoms with van der Waals surface area (Å²) in [6.07, 6.45) is -12.3. The second kappa shape index (κ2) is 23.0. The van der Waals surface area contributed by atoms with Gasteiger partial charge in [0.05, 0.1) is 52.9 Å². The van der Waals surface area contributed by atoms with Gasteiger partial charge in [0.2, 0.25) is 0 Å². The molecule has 0 bridgehead atoms. The van der Waals surface area contributed by atoms with E-state index in [1.165, 1.54) is 0 Å². The predicted molar refractivity (Wildman–Crippen MR) is 228 cm³/mol. The number of ether oxygens (including phenoxy) is 10. The van der Waals surface area contributed by atoms with E-state index in [-0.39, 0.29) is 39.6 Å². The number of aliphatic hydroxyl groups excluding tert-OH is 3. The monoisotopic (exact) mass is 864 g/mol. The molecule has 334 valence electrons. The predicted octanol–water partition coefficient (Wildman–Crippen LogP) is 5.47. The van der Waals surface area contributed by atoms with Gasteiger partial charge in [0.25, 0.3) is 0 Å². The molecule has 3 saturated heterocycles. The van der Waals surface area contributed by atoms with Crippen LogP contribution in [0.15, 0.2) is 152 Å². The number of aliphatic hydroxyl groups is 3. The molecule has 3 aliphatic heterocycles. The molecule has 0 spiro atoms. The fourth-order valence-electron chi connectivity index (χ4n) is 7.90. The molecule has 0 radical (unpaired) electrons. The number of hydrogen-bond acceptors (Lipinski definition) is 13. The molecule has 3 aliphatic rings. The Bertz CT molecular complexity index is 2030. The van der Waals surface area contributed by atoms with Crippen LogP contribution in [-0.2, 0) is 80.4 Å². The minimum absolute atomic E-state index is 0.107. The maximum Gasteiger partial charge on any atom is 0.187 e. The third kappa shape index (κ3) is 12.4. The second-order valence-corrected chi connectivity index (χ2v) is 15.9. The summed E-state index contributed by atoms with van der Waals surface area (Å²) in [7, 11) is 0. The third-order valence-electron chi connectivity index (χ3n) is 11.2. The molecule has 3 heterocycles. The summed E-state index contributed by atoms with van der Waals surface area (Å²) in [5.74, 6) is 0. The number of rotatable bonds is 22. The van der Waals surface area contributed by atoms with Crippen molar-refractivity contribution in [2.24, 2.45) is 0 Å². The van der Waals surface area contributed by atoms with Gasteiger partial charge in [-0.3, -0.25) is 0 Å². The molecule has 0 saturated carbocycles. The molecule has 8 rings (SSSR count). The SMILES string of the molecule is O[C@@H]1[C@@H](OC[C@H]2O[C@H](O)[C@@H](OCc3ccccc3)[C@@H]2O[C@H]2O[C@H](COCc3ccccc3)[C@@H](OCc3ccccc3)[C@@H]2O)O[C@H](COCc2ccccc2)[C@H]1OCc1ccccc1. The molecule has 5 aromatic rings. The summed E-state index contributed by atoms with van der Waals surface area (Å²) in [4.78, 5) is 0. The van der Waals surface area contributed by atoms with E-state index in [1.807, 2.05) is 152 Å². The van der Waals surface area contributed by atoms with Crippen molar-refractivity contribution < 1.29 is 62.7 Å². The van der Waals surface area contributed by atoms with E-state index in [2.05, 4.69) is 0 Å². The van der Waals surface area contributed by atoms with Crippen molar-refractivity contribution in [3.63, 3.8) is 0 Å². The van der Waals surface area contributed by atoms with Crippen LogP contribution in [0.3, 0.4) is 0 Å². The van der Waals surface area contributed by atoms with Crippen LogP contribution in [0.2, 0.25) is 0 Å². The first-order valence-electron chi connectivity index (χ1n) is 21.5. The van der Waals surface area contributed by atoms with Crippen LogP contribution < -0.4 is 0 Å². The Morgan fingerprint density at radius 1 is 0.349 bits per heavy atom. The fourth-order valence-corrected chi connectivity index (χ4v) is 7.90. The fraction of sp³-hybridized carbons (Fsp3) is 0.400. The number of benzene rings is 5. The van der Waals surface area contributed by atoms with Crippen LogP contribution in [0.4, 0.5) is 0 Å². The lowest BCUT2D eigenvalue weighted by Gasteiger charge is -2.28. The molecule has 63 heavy (non-hydrogen) atoms. The maximum atomic E-state index is 11.8. The molecule has 3 N–H and O–H groups in total. The summed E-state index contributed by atoms with van der Waals surface area (Å²) >= 11 is 0. The van der Waals surface area contributed by atoms with Crippen molar-refractivity contribution in [1.82, 2.24) is 0 Å². The summed E-state index contributed by atoms with van der Waals surface area (Å²) < 4.78 is 62.5. The quantitative estimate of drug-likeness (QED) is 0.0808. The van der Waals surface area contributed by atoms with Crippen LogP contribution in [0.5, 0.6) is 0 Å². The molecule has 0 aromatic heterocycles. The van der Waals surface area contributed by atoms with E-state index in [0.29, 0.717) is 13.2 Å². The lowest BCUT2D eigenvalue weighted by atomic mass is 10.1. The van der Waals surface area contributed by atoms with E-state index in [0.717, 1.165) is 27.8 Å². The largest absolute Gasteiger partial charge is 0.385 e. The molecule has 13 heteroatoms. The van der Waals surface area contributed by atoms with Gasteiger partial charge in [-0.05, 0) is 27.8 Å². The first-order valence-corrected chi connectivity index (χ1v) is 21.5. The van der Waals surface area contributed by atoms with Crippen LogP contribution in [0.1, 0.15) is 27.8 Å². The van der Waals surface area contributed by atoms with Crippen molar-refractivity contribution >= 4 is 0 Å². The Hall–Kier alpha value is -4.42. The van der Waals surface area contributed by atoms with Gasteiger partial charge in [-0.25, -0.2) is 0 Å². The summed E-state index contributed by atoms with van der Waals surface area (Å²) in [5.41, 5.74) is 4.71. The van der Waals surface area contributed by atoms with Gasteiger partial charge in [-0.1, -0.05) is 152 Å². The minimum Gasteiger partial charge on any atom is -0.385 e. The molecule has 0 aliphatic carbocycles. The summed E-state index contributed by atoms with van der Waals surface area (Å²) in [5, 5.41) is 34.8. The van der Waals surface area contributed by atoms with E-state index < -0.39 is 73.8 Å². The Labute approximate surface area is 367 Å². The van der Waals surface area contributed by atoms with E-state index in [4.69, 9.17) is 47.4 Å². The number of hydrogen-bond donors (Lipinski definition) is 3. The van der Waals surface area contributed by atoms with Crippen molar-refractivity contribution in [3.05, 3.63) is 179 Å². The van der Waals surface area contributed by atoms with Crippen LogP contribution >= 0.6 is 0 Å². The zero-order valence-electron chi connectivity index (χ0n) is 34.9. The summed E-state index contributed by atoms with van der Waals surface area (Å²) in [6.45, 7) is 1.31. The van der Waals surface area contributed by atoms with Crippen molar-refractivity contribution in [2.45, 2.75) is 107 Å². The average Bonchev–Trinajstić information content (AvgIpc) is 3.91. The molecule has 5 aromatic carbocycles. The van der Waals surface area contributed by atoms with E-state index >= 15 is 0 Å². The van der Waals surface area contributed by atoms with E-state index in [1.54, 1.807) is 0 Å². The van der Waals surface area contributed by atoms with Gasteiger partial charge in [-0.15, -0.1) is 0 Å². The second-order valence-electron chi connectivity index (χ2n) is 15.9. The molecule has 12 atom stereocenters. The normalized spacial score (nSPS) is 29.3. The molecule has 3 fully saturated rings. The van der Waals surface area contributed by atoms with E-state index in [9.17, 15) is 15.3 Å². The molecule has 13 nitrogen and oxygen atoms in total. The lowest BCUT2D eigenvalue weighted by molar-refractivity contribution is -0.231. The zero-order valence-corrected chi connectivity index (χ0v) is 34.9. The highest BCUT2D eigenvalue weighted by atomic mass is 16.8. The van der Waals surface area contributed by atoms with Gasteiger partial charge in [0.15, 0.2) is 18.9 Å². The highest BCUT2D eigenvalue weighted by Gasteiger charge is 2.53. The standard InChI is InChI=1S/C50H56O13/c51-42-44(56-28-36-20-10-3-11-21-36)39(31-54-26-34-16-6-1-7-17-34)61-49(42)59-33-41-46(47(48(53)60-41)58-30-38-24-14-5-15-25-38)63-50-43(52)45(57-29-37-22-12-4-13-23-37)40(62-50)32-55-27-35-18-8-2-9-19-35/h1-25,39-53H,26-33H2/t39-,40-,41-,42+,43+,44-,45-,46-,47+,48+,49+,50-/m1/s1. The van der Waals surface area contributed by atoms with Gasteiger partial charge < -0.3 is 62.7 Å². The summed E-state index contributed by atoms with van der Waals surface area (Å²) in [6, 6.07) is 48.3. The molecule has 0 amide bonds. The third-order valence-corrected chi connectivity index (χ3v) is 11.2. The molecular formula is C50H56O13. The van der Waals surface area contributed by atoms with Gasteiger partial charge in [-0.2, -0.15) is 0 Å². The smallest absolute Gasteiger partial charge is 0.187 e.